The van der Waals surface area contributed by atoms with Gasteiger partial charge in [0.1, 0.15) is 18.2 Å². The minimum absolute atomic E-state index is 0.104. The first kappa shape index (κ1) is 23.8. The van der Waals surface area contributed by atoms with Crippen molar-refractivity contribution in [2.24, 2.45) is 0 Å². The lowest BCUT2D eigenvalue weighted by Gasteiger charge is -2.19. The lowest BCUT2D eigenvalue weighted by molar-refractivity contribution is 0.0660. The van der Waals surface area contributed by atoms with Gasteiger partial charge in [0, 0.05) is 13.1 Å². The zero-order valence-electron chi connectivity index (χ0n) is 16.3. The third-order valence-corrected chi connectivity index (χ3v) is 4.60. The first-order valence-electron chi connectivity index (χ1n) is 9.90. The van der Waals surface area contributed by atoms with E-state index in [0.29, 0.717) is 13.1 Å². The highest BCUT2D eigenvalue weighted by molar-refractivity contribution is 5.42. The van der Waals surface area contributed by atoms with Gasteiger partial charge in [0.15, 0.2) is 0 Å². The number of nitrogens with one attached hydrogen (secondary N) is 2. The maximum Gasteiger partial charge on any atom is 0.128 e. The number of benzene rings is 1. The fourth-order valence-corrected chi connectivity index (χ4v) is 3.08. The highest BCUT2D eigenvalue weighted by atomic mass is 16.3. The molecule has 0 radical (unpaired) electrons. The smallest absolute Gasteiger partial charge is 0.128 e. The van der Waals surface area contributed by atoms with Crippen LogP contribution in [0.5, 0.6) is 5.75 Å². The van der Waals surface area contributed by atoms with Crippen molar-refractivity contribution in [2.75, 3.05) is 13.2 Å². The number of aromatic hydroxyl groups is 1. The molecule has 0 amide bonds. The minimum Gasteiger partial charge on any atom is -0.508 e. The van der Waals surface area contributed by atoms with Crippen LogP contribution >= 0.6 is 0 Å². The largest absolute Gasteiger partial charge is 0.508 e. The molecule has 0 aliphatic heterocycles. The van der Waals surface area contributed by atoms with E-state index in [1.54, 1.807) is 12.1 Å². The van der Waals surface area contributed by atoms with Crippen LogP contribution in [0.3, 0.4) is 0 Å². The molecule has 2 unspecified atom stereocenters. The standard InChI is InChI=1S/C20H36N2O5/c1-2-3-4-5-6-7-8-18-15(11-21-19(26)13-23)9-17(25)10-16(18)12-22-20(27)14-24/h9-10,19-27H,2-8,11-14H2,1H3. The van der Waals surface area contributed by atoms with Crippen LogP contribution in [-0.4, -0.2) is 51.2 Å². The number of aliphatic hydroxyl groups is 4. The molecule has 1 aromatic rings. The Balaban J connectivity index is 2.85. The molecule has 7 nitrogen and oxygen atoms in total. The molecule has 7 N–H and O–H groups in total. The van der Waals surface area contributed by atoms with Crippen molar-refractivity contribution in [3.05, 3.63) is 28.8 Å². The van der Waals surface area contributed by atoms with E-state index < -0.39 is 12.5 Å². The Labute approximate surface area is 162 Å². The topological polar surface area (TPSA) is 125 Å². The van der Waals surface area contributed by atoms with Crippen LogP contribution < -0.4 is 10.6 Å². The number of rotatable bonds is 15. The molecule has 27 heavy (non-hydrogen) atoms. The van der Waals surface area contributed by atoms with Crippen LogP contribution in [0.2, 0.25) is 0 Å². The summed E-state index contributed by atoms with van der Waals surface area (Å²) in [6.45, 7) is 2.05. The monoisotopic (exact) mass is 384 g/mol. The Hall–Kier alpha value is -1.22. The zero-order chi connectivity index (χ0) is 20.1. The second kappa shape index (κ2) is 13.9. The summed E-state index contributed by atoms with van der Waals surface area (Å²) >= 11 is 0. The quantitative estimate of drug-likeness (QED) is 0.178. The lowest BCUT2D eigenvalue weighted by Crippen LogP contribution is -2.33. The van der Waals surface area contributed by atoms with Gasteiger partial charge in [0.05, 0.1) is 13.2 Å². The van der Waals surface area contributed by atoms with E-state index in [1.165, 1.54) is 25.7 Å². The van der Waals surface area contributed by atoms with E-state index in [2.05, 4.69) is 17.6 Å². The normalized spacial score (nSPS) is 13.7. The number of phenolic OH excluding ortho intramolecular Hbond substituents is 1. The second-order valence-corrected chi connectivity index (χ2v) is 6.92. The van der Waals surface area contributed by atoms with E-state index in [4.69, 9.17) is 10.2 Å². The number of hydrogen-bond acceptors (Lipinski definition) is 7. The highest BCUT2D eigenvalue weighted by Crippen LogP contribution is 2.25. The Morgan fingerprint density at radius 2 is 1.30 bits per heavy atom. The molecule has 0 spiro atoms. The van der Waals surface area contributed by atoms with Crippen LogP contribution in [0.1, 0.15) is 62.1 Å². The van der Waals surface area contributed by atoms with Gasteiger partial charge >= 0.3 is 0 Å². The summed E-state index contributed by atoms with van der Waals surface area (Å²) in [7, 11) is 0. The van der Waals surface area contributed by atoms with Gasteiger partial charge < -0.3 is 25.5 Å². The summed E-state index contributed by atoms with van der Waals surface area (Å²) in [4.78, 5) is 0. The minimum atomic E-state index is -1.02. The van der Waals surface area contributed by atoms with Crippen LogP contribution in [0, 0.1) is 0 Å². The van der Waals surface area contributed by atoms with E-state index in [0.717, 1.165) is 36.0 Å². The van der Waals surface area contributed by atoms with Crippen LogP contribution in [0.4, 0.5) is 0 Å². The SMILES string of the molecule is CCCCCCCCc1c(CNC(O)CO)cc(O)cc1CNC(O)CO. The Morgan fingerprint density at radius 3 is 1.78 bits per heavy atom. The van der Waals surface area contributed by atoms with Gasteiger partial charge in [-0.3, -0.25) is 10.6 Å². The first-order valence-corrected chi connectivity index (χ1v) is 9.90. The van der Waals surface area contributed by atoms with Crippen LogP contribution in [0.25, 0.3) is 0 Å². The van der Waals surface area contributed by atoms with Gasteiger partial charge in [-0.05, 0) is 41.7 Å². The average Bonchev–Trinajstić information content (AvgIpc) is 2.67. The maximum absolute atomic E-state index is 10.1. The molecule has 0 aromatic heterocycles. The van der Waals surface area contributed by atoms with E-state index in [1.807, 2.05) is 0 Å². The summed E-state index contributed by atoms with van der Waals surface area (Å²) in [5.74, 6) is 0.104. The molecule has 2 atom stereocenters. The summed E-state index contributed by atoms with van der Waals surface area (Å²) in [6.07, 6.45) is 5.81. The summed E-state index contributed by atoms with van der Waals surface area (Å²) in [6, 6.07) is 3.32. The Morgan fingerprint density at radius 1 is 0.815 bits per heavy atom. The molecule has 1 rings (SSSR count). The fourth-order valence-electron chi connectivity index (χ4n) is 3.08. The third kappa shape index (κ3) is 9.51. The fraction of sp³-hybridized carbons (Fsp3) is 0.700. The van der Waals surface area contributed by atoms with Gasteiger partial charge in [0.2, 0.25) is 0 Å². The number of hydrogen-bond donors (Lipinski definition) is 7. The van der Waals surface area contributed by atoms with Crippen molar-refractivity contribution in [1.29, 1.82) is 0 Å². The highest BCUT2D eigenvalue weighted by Gasteiger charge is 2.13. The number of unbranched alkanes of at least 4 members (excludes halogenated alkanes) is 5. The lowest BCUT2D eigenvalue weighted by atomic mass is 9.94. The van der Waals surface area contributed by atoms with Crippen molar-refractivity contribution in [3.8, 4) is 5.75 Å². The average molecular weight is 385 g/mol. The molecule has 0 saturated carbocycles. The van der Waals surface area contributed by atoms with Gasteiger partial charge in [-0.25, -0.2) is 0 Å². The number of phenols is 1. The molecular weight excluding hydrogens is 348 g/mol. The number of aliphatic hydroxyl groups excluding tert-OH is 4. The van der Waals surface area contributed by atoms with E-state index >= 15 is 0 Å². The molecule has 0 saturated heterocycles. The molecule has 0 fully saturated rings. The second-order valence-electron chi connectivity index (χ2n) is 6.92. The summed E-state index contributed by atoms with van der Waals surface area (Å²) < 4.78 is 0. The molecule has 156 valence electrons. The van der Waals surface area contributed by atoms with Gasteiger partial charge in [-0.1, -0.05) is 39.0 Å². The zero-order valence-corrected chi connectivity index (χ0v) is 16.3. The first-order chi connectivity index (χ1) is 13.0. The third-order valence-electron chi connectivity index (χ3n) is 4.60. The predicted octanol–water partition coefficient (Wildman–Crippen LogP) is 1.10. The molecule has 0 heterocycles. The molecule has 1 aromatic carbocycles. The molecule has 0 aliphatic carbocycles. The van der Waals surface area contributed by atoms with Crippen molar-refractivity contribution in [1.82, 2.24) is 10.6 Å². The molecule has 7 heteroatoms. The molecular formula is C20H36N2O5. The summed E-state index contributed by atoms with van der Waals surface area (Å²) in [5.41, 5.74) is 2.76. The Bertz CT molecular complexity index is 492. The van der Waals surface area contributed by atoms with Crippen LogP contribution in [0.15, 0.2) is 12.1 Å². The van der Waals surface area contributed by atoms with Crippen molar-refractivity contribution < 1.29 is 25.5 Å². The Kier molecular flexibility index (Phi) is 12.2. The summed E-state index contributed by atoms with van der Waals surface area (Å²) in [5, 5.41) is 52.8. The van der Waals surface area contributed by atoms with Crippen molar-refractivity contribution in [2.45, 2.75) is 77.4 Å². The van der Waals surface area contributed by atoms with Gasteiger partial charge in [-0.15, -0.1) is 0 Å². The molecule has 0 aliphatic rings. The van der Waals surface area contributed by atoms with Crippen LogP contribution in [-0.2, 0) is 19.5 Å². The van der Waals surface area contributed by atoms with E-state index in [-0.39, 0.29) is 19.0 Å². The molecule has 0 bridgehead atoms. The predicted molar refractivity (Wildman–Crippen MR) is 105 cm³/mol. The van der Waals surface area contributed by atoms with Crippen molar-refractivity contribution in [3.63, 3.8) is 0 Å². The maximum atomic E-state index is 10.1. The van der Waals surface area contributed by atoms with Gasteiger partial charge in [0.25, 0.3) is 0 Å². The van der Waals surface area contributed by atoms with Gasteiger partial charge in [-0.2, -0.15) is 0 Å². The van der Waals surface area contributed by atoms with Crippen molar-refractivity contribution >= 4 is 0 Å². The van der Waals surface area contributed by atoms with E-state index in [9.17, 15) is 15.3 Å².